The van der Waals surface area contributed by atoms with Gasteiger partial charge in [0.2, 0.25) is 4.77 Å². The van der Waals surface area contributed by atoms with Crippen LogP contribution in [0.5, 0.6) is 11.5 Å². The van der Waals surface area contributed by atoms with Gasteiger partial charge >= 0.3 is 0 Å². The number of ether oxygens (including phenoxy) is 2. The molecule has 1 aliphatic carbocycles. The highest BCUT2D eigenvalue weighted by atomic mass is 35.5. The minimum atomic E-state index is 0.426. The van der Waals surface area contributed by atoms with Gasteiger partial charge in [0.25, 0.3) is 0 Å². The van der Waals surface area contributed by atoms with Crippen molar-refractivity contribution in [2.24, 2.45) is 5.10 Å². The molecule has 144 valence electrons. The number of aromatic amines is 1. The van der Waals surface area contributed by atoms with Crippen molar-refractivity contribution in [3.8, 4) is 11.5 Å². The number of aromatic nitrogens is 3. The molecule has 0 aliphatic heterocycles. The number of halogens is 1. The first kappa shape index (κ1) is 18.7. The van der Waals surface area contributed by atoms with Gasteiger partial charge in [-0.15, -0.1) is 0 Å². The third-order valence-electron chi connectivity index (χ3n) is 4.44. The van der Waals surface area contributed by atoms with Gasteiger partial charge in [0.1, 0.15) is 6.61 Å². The third-order valence-corrected chi connectivity index (χ3v) is 4.95. The van der Waals surface area contributed by atoms with Crippen LogP contribution in [0.25, 0.3) is 0 Å². The molecular formula is C20H19ClN4O2S. The van der Waals surface area contributed by atoms with E-state index in [4.69, 9.17) is 33.3 Å². The maximum Gasteiger partial charge on any atom is 0.216 e. The highest BCUT2D eigenvalue weighted by molar-refractivity contribution is 7.71. The molecule has 0 amide bonds. The Hall–Kier alpha value is -2.64. The highest BCUT2D eigenvalue weighted by Crippen LogP contribution is 2.38. The second kappa shape index (κ2) is 8.16. The fraction of sp³-hybridized carbons (Fsp3) is 0.250. The molecule has 8 heteroatoms. The predicted octanol–water partition coefficient (Wildman–Crippen LogP) is 4.94. The Morgan fingerprint density at radius 1 is 1.25 bits per heavy atom. The Morgan fingerprint density at radius 3 is 2.75 bits per heavy atom. The zero-order valence-electron chi connectivity index (χ0n) is 15.3. The number of nitrogens with one attached hydrogen (secondary N) is 1. The highest BCUT2D eigenvalue weighted by Gasteiger charge is 2.29. The summed E-state index contributed by atoms with van der Waals surface area (Å²) in [5, 5.41) is 12.3. The molecule has 0 saturated heterocycles. The molecule has 0 unspecified atom stereocenters. The quantitative estimate of drug-likeness (QED) is 0.439. The summed E-state index contributed by atoms with van der Waals surface area (Å²) in [6, 6.07) is 13.2. The molecular weight excluding hydrogens is 396 g/mol. The normalized spacial score (nSPS) is 13.8. The lowest BCUT2D eigenvalue weighted by Crippen LogP contribution is -1.99. The van der Waals surface area contributed by atoms with Crippen molar-refractivity contribution in [2.75, 3.05) is 7.11 Å². The Morgan fingerprint density at radius 2 is 2.04 bits per heavy atom. The SMILES string of the molecule is COc1cc(/C=N\n2c(C3CC3)n[nH]c2=S)ccc1OCc1ccc(Cl)cc1. The Balaban J connectivity index is 1.49. The summed E-state index contributed by atoms with van der Waals surface area (Å²) in [6.45, 7) is 0.426. The molecule has 1 fully saturated rings. The summed E-state index contributed by atoms with van der Waals surface area (Å²) in [4.78, 5) is 0. The van der Waals surface area contributed by atoms with E-state index in [1.807, 2.05) is 42.5 Å². The van der Waals surface area contributed by atoms with Gasteiger partial charge in [-0.1, -0.05) is 23.7 Å². The van der Waals surface area contributed by atoms with E-state index in [1.54, 1.807) is 18.0 Å². The first-order valence-corrected chi connectivity index (χ1v) is 9.69. The van der Waals surface area contributed by atoms with Crippen LogP contribution in [0.3, 0.4) is 0 Å². The van der Waals surface area contributed by atoms with Crippen LogP contribution in [-0.4, -0.2) is 28.2 Å². The summed E-state index contributed by atoms with van der Waals surface area (Å²) in [6.07, 6.45) is 3.99. The van der Waals surface area contributed by atoms with Crippen LogP contribution in [0.1, 0.15) is 35.7 Å². The van der Waals surface area contributed by atoms with Gasteiger partial charge in [0.15, 0.2) is 17.3 Å². The summed E-state index contributed by atoms with van der Waals surface area (Å²) in [5.41, 5.74) is 1.90. The molecule has 2 aromatic carbocycles. The minimum absolute atomic E-state index is 0.426. The van der Waals surface area contributed by atoms with E-state index in [2.05, 4.69) is 15.3 Å². The largest absolute Gasteiger partial charge is 0.493 e. The lowest BCUT2D eigenvalue weighted by Gasteiger charge is -2.11. The molecule has 1 aromatic heterocycles. The third kappa shape index (κ3) is 4.26. The molecule has 1 N–H and O–H groups in total. The first-order valence-electron chi connectivity index (χ1n) is 8.91. The molecule has 1 saturated carbocycles. The van der Waals surface area contributed by atoms with E-state index < -0.39 is 0 Å². The maximum atomic E-state index is 5.91. The smallest absolute Gasteiger partial charge is 0.216 e. The van der Waals surface area contributed by atoms with Crippen LogP contribution in [0, 0.1) is 4.77 Å². The maximum absolute atomic E-state index is 5.91. The van der Waals surface area contributed by atoms with Crippen molar-refractivity contribution in [3.63, 3.8) is 0 Å². The zero-order valence-corrected chi connectivity index (χ0v) is 16.8. The van der Waals surface area contributed by atoms with Gasteiger partial charge in [0.05, 0.1) is 13.3 Å². The Kier molecular flexibility index (Phi) is 5.45. The Labute approximate surface area is 172 Å². The lowest BCUT2D eigenvalue weighted by atomic mass is 10.2. The number of hydrogen-bond acceptors (Lipinski definition) is 5. The van der Waals surface area contributed by atoms with E-state index >= 15 is 0 Å². The van der Waals surface area contributed by atoms with Gasteiger partial charge in [-0.05, 0) is 66.5 Å². The molecule has 0 radical (unpaired) electrons. The average Bonchev–Trinajstić information content (AvgIpc) is 3.49. The second-order valence-electron chi connectivity index (χ2n) is 6.54. The standard InChI is InChI=1S/C20H19ClN4O2S/c1-26-18-10-14(11-22-25-19(15-5-6-15)23-24-20(25)28)4-9-17(18)27-12-13-2-7-16(21)8-3-13/h2-4,7-11,15H,5-6,12H2,1H3,(H,24,28)/b22-11-. The van der Waals surface area contributed by atoms with E-state index in [1.165, 1.54) is 0 Å². The van der Waals surface area contributed by atoms with Crippen LogP contribution in [0.15, 0.2) is 47.6 Å². The van der Waals surface area contributed by atoms with E-state index in [0.29, 0.717) is 33.8 Å². The van der Waals surface area contributed by atoms with E-state index in [-0.39, 0.29) is 0 Å². The van der Waals surface area contributed by atoms with Crippen molar-refractivity contribution >= 4 is 30.0 Å². The number of hydrogen-bond donors (Lipinski definition) is 1. The molecule has 28 heavy (non-hydrogen) atoms. The van der Waals surface area contributed by atoms with Gasteiger partial charge in [-0.25, -0.2) is 0 Å². The average molecular weight is 415 g/mol. The fourth-order valence-corrected chi connectivity index (χ4v) is 3.08. The van der Waals surface area contributed by atoms with Crippen molar-refractivity contribution < 1.29 is 9.47 Å². The molecule has 0 spiro atoms. The number of H-pyrrole nitrogens is 1. The summed E-state index contributed by atoms with van der Waals surface area (Å²) in [7, 11) is 1.61. The molecule has 0 bridgehead atoms. The molecule has 1 heterocycles. The van der Waals surface area contributed by atoms with Crippen molar-refractivity contribution in [3.05, 3.63) is 69.2 Å². The molecule has 1 aliphatic rings. The van der Waals surface area contributed by atoms with Gasteiger partial charge in [-0.3, -0.25) is 5.10 Å². The van der Waals surface area contributed by atoms with Gasteiger partial charge in [0, 0.05) is 10.9 Å². The number of benzene rings is 2. The molecule has 6 nitrogen and oxygen atoms in total. The predicted molar refractivity (Wildman–Crippen MR) is 111 cm³/mol. The van der Waals surface area contributed by atoms with Crippen LogP contribution in [0.4, 0.5) is 0 Å². The number of rotatable bonds is 7. The first-order chi connectivity index (χ1) is 13.6. The monoisotopic (exact) mass is 414 g/mol. The minimum Gasteiger partial charge on any atom is -0.493 e. The van der Waals surface area contributed by atoms with Crippen LogP contribution < -0.4 is 9.47 Å². The molecule has 3 aromatic rings. The fourth-order valence-electron chi connectivity index (χ4n) is 2.77. The summed E-state index contributed by atoms with van der Waals surface area (Å²) < 4.78 is 13.5. The van der Waals surface area contributed by atoms with E-state index in [9.17, 15) is 0 Å². The molecule has 4 rings (SSSR count). The zero-order chi connectivity index (χ0) is 19.5. The van der Waals surface area contributed by atoms with Gasteiger partial charge < -0.3 is 9.47 Å². The van der Waals surface area contributed by atoms with Crippen LogP contribution in [-0.2, 0) is 6.61 Å². The van der Waals surface area contributed by atoms with Crippen LogP contribution in [0.2, 0.25) is 5.02 Å². The van der Waals surface area contributed by atoms with Crippen molar-refractivity contribution in [1.29, 1.82) is 0 Å². The van der Waals surface area contributed by atoms with Crippen molar-refractivity contribution in [2.45, 2.75) is 25.4 Å². The van der Waals surface area contributed by atoms with Crippen molar-refractivity contribution in [1.82, 2.24) is 14.9 Å². The number of methoxy groups -OCH3 is 1. The van der Waals surface area contributed by atoms with Gasteiger partial charge in [-0.2, -0.15) is 14.9 Å². The lowest BCUT2D eigenvalue weighted by molar-refractivity contribution is 0.284. The summed E-state index contributed by atoms with van der Waals surface area (Å²) >= 11 is 11.2. The Bertz CT molecular complexity index is 1050. The second-order valence-corrected chi connectivity index (χ2v) is 7.37. The topological polar surface area (TPSA) is 64.4 Å². The van der Waals surface area contributed by atoms with Crippen LogP contribution >= 0.6 is 23.8 Å². The number of nitrogens with zero attached hydrogens (tertiary/aromatic N) is 3. The summed E-state index contributed by atoms with van der Waals surface area (Å²) in [5.74, 6) is 2.63. The van der Waals surface area contributed by atoms with E-state index in [0.717, 1.165) is 29.8 Å². The molecule has 0 atom stereocenters.